The first-order chi connectivity index (χ1) is 11.1. The van der Waals surface area contributed by atoms with Crippen molar-refractivity contribution in [1.29, 1.82) is 0 Å². The van der Waals surface area contributed by atoms with Crippen molar-refractivity contribution in [3.8, 4) is 0 Å². The molecule has 0 radical (unpaired) electrons. The molecule has 23 heavy (non-hydrogen) atoms. The molecule has 2 aliphatic rings. The molecule has 1 unspecified atom stereocenters. The van der Waals surface area contributed by atoms with Crippen LogP contribution in [0.25, 0.3) is 0 Å². The minimum Gasteiger partial charge on any atom is -0.396 e. The predicted molar refractivity (Wildman–Crippen MR) is 84.9 cm³/mol. The van der Waals surface area contributed by atoms with E-state index in [1.54, 1.807) is 6.07 Å². The molecule has 1 saturated heterocycles. The van der Waals surface area contributed by atoms with Gasteiger partial charge in [0.15, 0.2) is 0 Å². The van der Waals surface area contributed by atoms with Crippen molar-refractivity contribution in [3.63, 3.8) is 0 Å². The molecule has 6 nitrogen and oxygen atoms in total. The molecule has 1 saturated carbocycles. The smallest absolute Gasteiger partial charge is 0.253 e. The van der Waals surface area contributed by atoms with Crippen molar-refractivity contribution in [1.82, 2.24) is 15.5 Å². The van der Waals surface area contributed by atoms with Gasteiger partial charge >= 0.3 is 0 Å². The summed E-state index contributed by atoms with van der Waals surface area (Å²) in [5.74, 6) is 0.232. The molecular weight excluding hydrogens is 294 g/mol. The topological polar surface area (TPSA) is 84.3 Å². The van der Waals surface area contributed by atoms with Crippen molar-refractivity contribution < 1.29 is 14.6 Å². The highest BCUT2D eigenvalue weighted by Crippen LogP contribution is 2.47. The number of carbonyl (C=O) groups excluding carboxylic acids is 1. The van der Waals surface area contributed by atoms with Gasteiger partial charge in [-0.1, -0.05) is 6.42 Å². The monoisotopic (exact) mass is 319 g/mol. The van der Waals surface area contributed by atoms with Gasteiger partial charge in [0.1, 0.15) is 0 Å². The van der Waals surface area contributed by atoms with Gasteiger partial charge in [-0.15, -0.1) is 0 Å². The number of rotatable bonds is 5. The van der Waals surface area contributed by atoms with Crippen molar-refractivity contribution in [3.05, 3.63) is 23.5 Å². The van der Waals surface area contributed by atoms with Gasteiger partial charge in [0.25, 0.3) is 5.91 Å². The van der Waals surface area contributed by atoms with E-state index < -0.39 is 0 Å². The summed E-state index contributed by atoms with van der Waals surface area (Å²) in [6.07, 6.45) is 6.42. The maximum absolute atomic E-state index is 12.7. The highest BCUT2D eigenvalue weighted by atomic mass is 16.5. The molecule has 1 atom stereocenters. The Bertz CT molecular complexity index is 548. The van der Waals surface area contributed by atoms with Crippen LogP contribution >= 0.6 is 0 Å². The molecule has 0 aromatic carbocycles. The third-order valence-electron chi connectivity index (χ3n) is 5.39. The van der Waals surface area contributed by atoms with Crippen LogP contribution in [0.5, 0.6) is 0 Å². The van der Waals surface area contributed by atoms with E-state index in [0.717, 1.165) is 51.0 Å². The number of nitrogens with zero attached hydrogens (tertiary/aromatic N) is 2. The SMILES string of the molecule is Cc1cc(C(=O)NC(C2CCOCC2)C2(CO)CCC2)cnn1. The molecule has 2 fully saturated rings. The van der Waals surface area contributed by atoms with Gasteiger partial charge in [-0.25, -0.2) is 0 Å². The number of aryl methyl sites for hydroxylation is 1. The van der Waals surface area contributed by atoms with E-state index in [0.29, 0.717) is 11.5 Å². The van der Waals surface area contributed by atoms with Crippen molar-refractivity contribution in [2.75, 3.05) is 19.8 Å². The number of ether oxygens (including phenoxy) is 1. The van der Waals surface area contributed by atoms with Gasteiger partial charge in [0.05, 0.1) is 24.1 Å². The minimum atomic E-state index is -0.173. The van der Waals surface area contributed by atoms with Crippen LogP contribution in [0.2, 0.25) is 0 Å². The second-order valence-electron chi connectivity index (χ2n) is 6.86. The zero-order valence-corrected chi connectivity index (χ0v) is 13.6. The van der Waals surface area contributed by atoms with Crippen LogP contribution in [0.4, 0.5) is 0 Å². The lowest BCUT2D eigenvalue weighted by Crippen LogP contribution is -2.57. The summed E-state index contributed by atoms with van der Waals surface area (Å²) < 4.78 is 5.46. The summed E-state index contributed by atoms with van der Waals surface area (Å²) in [6, 6.07) is 1.74. The van der Waals surface area contributed by atoms with E-state index in [2.05, 4.69) is 15.5 Å². The summed E-state index contributed by atoms with van der Waals surface area (Å²) >= 11 is 0. The van der Waals surface area contributed by atoms with Crippen LogP contribution in [-0.2, 0) is 4.74 Å². The van der Waals surface area contributed by atoms with Gasteiger partial charge < -0.3 is 15.2 Å². The number of nitrogens with one attached hydrogen (secondary N) is 1. The molecule has 126 valence electrons. The number of aliphatic hydroxyl groups is 1. The van der Waals surface area contributed by atoms with Gasteiger partial charge in [-0.05, 0) is 44.6 Å². The van der Waals surface area contributed by atoms with Gasteiger partial charge in [0, 0.05) is 24.7 Å². The number of aromatic nitrogens is 2. The zero-order valence-electron chi connectivity index (χ0n) is 13.6. The minimum absolute atomic E-state index is 0.00822. The van der Waals surface area contributed by atoms with Crippen LogP contribution in [0.15, 0.2) is 12.3 Å². The standard InChI is InChI=1S/C17H25N3O3/c1-12-9-14(10-18-20-12)16(22)19-15(13-3-7-23-8-4-13)17(11-21)5-2-6-17/h9-10,13,15,21H,2-8,11H2,1H3,(H,19,22). The lowest BCUT2D eigenvalue weighted by molar-refractivity contribution is -0.0379. The molecule has 1 amide bonds. The average molecular weight is 319 g/mol. The van der Waals surface area contributed by atoms with Crippen LogP contribution in [0, 0.1) is 18.3 Å². The van der Waals surface area contributed by atoms with Crippen LogP contribution < -0.4 is 5.32 Å². The number of hydrogen-bond donors (Lipinski definition) is 2. The summed E-state index contributed by atoms with van der Waals surface area (Å²) in [5.41, 5.74) is 1.08. The second kappa shape index (κ2) is 6.93. The van der Waals surface area contributed by atoms with Gasteiger partial charge in [-0.2, -0.15) is 10.2 Å². The molecule has 2 heterocycles. The largest absolute Gasteiger partial charge is 0.396 e. The fourth-order valence-corrected chi connectivity index (χ4v) is 3.84. The maximum Gasteiger partial charge on any atom is 0.253 e. The van der Waals surface area contributed by atoms with Gasteiger partial charge in [-0.3, -0.25) is 4.79 Å². The lowest BCUT2D eigenvalue weighted by atomic mass is 9.60. The van der Waals surface area contributed by atoms with E-state index in [1.165, 1.54) is 6.20 Å². The highest BCUT2D eigenvalue weighted by Gasteiger charge is 2.47. The molecule has 1 aliphatic heterocycles. The quantitative estimate of drug-likeness (QED) is 0.858. The van der Waals surface area contributed by atoms with Crippen molar-refractivity contribution in [2.45, 2.75) is 45.1 Å². The number of hydrogen-bond acceptors (Lipinski definition) is 5. The first kappa shape index (κ1) is 16.3. The molecular formula is C17H25N3O3. The molecule has 6 heteroatoms. The van der Waals surface area contributed by atoms with E-state index in [9.17, 15) is 9.90 Å². The molecule has 2 N–H and O–H groups in total. The Labute approximate surface area is 136 Å². The van der Waals surface area contributed by atoms with E-state index in [4.69, 9.17) is 4.74 Å². The van der Waals surface area contributed by atoms with E-state index >= 15 is 0 Å². The van der Waals surface area contributed by atoms with Crippen LogP contribution in [-0.4, -0.2) is 47.1 Å². The first-order valence-electron chi connectivity index (χ1n) is 8.43. The fraction of sp³-hybridized carbons (Fsp3) is 0.706. The zero-order chi connectivity index (χ0) is 16.3. The fourth-order valence-electron chi connectivity index (χ4n) is 3.84. The average Bonchev–Trinajstić information content (AvgIpc) is 2.54. The Morgan fingerprint density at radius 3 is 2.78 bits per heavy atom. The van der Waals surface area contributed by atoms with E-state index in [1.807, 2.05) is 6.92 Å². The van der Waals surface area contributed by atoms with Crippen LogP contribution in [0.1, 0.15) is 48.2 Å². The molecule has 0 bridgehead atoms. The molecule has 1 aliphatic carbocycles. The Morgan fingerprint density at radius 2 is 2.22 bits per heavy atom. The molecule has 1 aromatic heterocycles. The molecule has 1 aromatic rings. The predicted octanol–water partition coefficient (Wildman–Crippen LogP) is 1.47. The normalized spacial score (nSPS) is 22.2. The third kappa shape index (κ3) is 3.38. The highest BCUT2D eigenvalue weighted by molar-refractivity contribution is 5.94. The Morgan fingerprint density at radius 1 is 1.48 bits per heavy atom. The van der Waals surface area contributed by atoms with E-state index in [-0.39, 0.29) is 24.0 Å². The first-order valence-corrected chi connectivity index (χ1v) is 8.43. The molecule has 3 rings (SSSR count). The summed E-state index contributed by atoms with van der Waals surface area (Å²) in [4.78, 5) is 12.7. The number of aliphatic hydroxyl groups excluding tert-OH is 1. The third-order valence-corrected chi connectivity index (χ3v) is 5.39. The van der Waals surface area contributed by atoms with Crippen molar-refractivity contribution in [2.24, 2.45) is 11.3 Å². The Kier molecular flexibility index (Phi) is 4.92. The Balaban J connectivity index is 1.79. The Hall–Kier alpha value is -1.53. The second-order valence-corrected chi connectivity index (χ2v) is 6.86. The van der Waals surface area contributed by atoms with Crippen molar-refractivity contribution >= 4 is 5.91 Å². The number of amides is 1. The summed E-state index contributed by atoms with van der Waals surface area (Å²) in [5, 5.41) is 20.9. The maximum atomic E-state index is 12.7. The molecule has 0 spiro atoms. The summed E-state index contributed by atoms with van der Waals surface area (Å²) in [7, 11) is 0. The lowest BCUT2D eigenvalue weighted by Gasteiger charge is -2.50. The van der Waals surface area contributed by atoms with Gasteiger partial charge in [0.2, 0.25) is 0 Å². The van der Waals surface area contributed by atoms with Crippen LogP contribution in [0.3, 0.4) is 0 Å². The number of carbonyl (C=O) groups is 1. The summed E-state index contributed by atoms with van der Waals surface area (Å²) in [6.45, 7) is 3.41.